The standard InChI is InChI=1S/C35H40ClN4O2/c1-4-10-30-27-12-6-7-15-31(27)39-33(38-30)32-28(13-8-14-29(32)36)35(42,20-5-2)26-11-9-21-40(23-26)34(41)25-18-16-24(17-19-25)22-37-3/h6-8,12-19,26,37,42H,2,4-5,9-11,20-23H2,1,3H3. The fourth-order valence-electron chi connectivity index (χ4n) is 6.33. The van der Waals surface area contributed by atoms with Crippen LogP contribution in [-0.2, 0) is 18.6 Å². The van der Waals surface area contributed by atoms with Crippen LogP contribution in [0.25, 0.3) is 22.3 Å². The molecule has 2 unspecified atom stereocenters. The Kier molecular flexibility index (Phi) is 9.57. The molecule has 1 fully saturated rings. The Morgan fingerprint density at radius 2 is 1.90 bits per heavy atom. The number of para-hydroxylation sites is 1. The number of aliphatic hydroxyl groups is 1. The topological polar surface area (TPSA) is 78.4 Å². The number of likely N-dealkylation sites (tertiary alicyclic amines) is 1. The van der Waals surface area contributed by atoms with E-state index >= 15 is 0 Å². The summed E-state index contributed by atoms with van der Waals surface area (Å²) in [5.41, 5.74) is 3.70. The number of rotatable bonds is 10. The molecule has 1 amide bonds. The highest BCUT2D eigenvalue weighted by Gasteiger charge is 2.43. The first-order valence-corrected chi connectivity index (χ1v) is 15.4. The largest absolute Gasteiger partial charge is 0.385 e. The summed E-state index contributed by atoms with van der Waals surface area (Å²) in [4.78, 5) is 25.4. The minimum Gasteiger partial charge on any atom is -0.385 e. The normalized spacial score (nSPS) is 16.9. The van der Waals surface area contributed by atoms with Crippen molar-refractivity contribution in [2.24, 2.45) is 5.92 Å². The molecule has 0 saturated carbocycles. The van der Waals surface area contributed by atoms with E-state index in [1.54, 1.807) is 0 Å². The first kappa shape index (κ1) is 30.1. The summed E-state index contributed by atoms with van der Waals surface area (Å²) in [6, 6.07) is 21.4. The van der Waals surface area contributed by atoms with E-state index in [-0.39, 0.29) is 11.8 Å². The van der Waals surface area contributed by atoms with Crippen molar-refractivity contribution in [3.8, 4) is 11.4 Å². The predicted octanol–water partition coefficient (Wildman–Crippen LogP) is 6.98. The molecule has 1 saturated heterocycles. The van der Waals surface area contributed by atoms with Crippen molar-refractivity contribution in [3.05, 3.63) is 101 Å². The van der Waals surface area contributed by atoms with Crippen LogP contribution in [0, 0.1) is 12.8 Å². The van der Waals surface area contributed by atoms with Gasteiger partial charge in [-0.3, -0.25) is 4.79 Å². The van der Waals surface area contributed by atoms with Gasteiger partial charge in [-0.1, -0.05) is 80.8 Å². The quantitative estimate of drug-likeness (QED) is 0.211. The maximum atomic E-state index is 13.6. The van der Waals surface area contributed by atoms with Crippen molar-refractivity contribution in [1.82, 2.24) is 20.2 Å². The van der Waals surface area contributed by atoms with Gasteiger partial charge in [-0.2, -0.15) is 0 Å². The highest BCUT2D eigenvalue weighted by atomic mass is 35.5. The molecule has 1 aromatic heterocycles. The van der Waals surface area contributed by atoms with Crippen LogP contribution >= 0.6 is 11.6 Å². The number of amides is 1. The van der Waals surface area contributed by atoms with Gasteiger partial charge in [-0.15, -0.1) is 0 Å². The van der Waals surface area contributed by atoms with Gasteiger partial charge < -0.3 is 15.3 Å². The number of benzene rings is 3. The number of piperidine rings is 1. The molecule has 2 atom stereocenters. The van der Waals surface area contributed by atoms with Crippen LogP contribution in [0.3, 0.4) is 0 Å². The van der Waals surface area contributed by atoms with Gasteiger partial charge in [-0.25, -0.2) is 9.97 Å². The second-order valence-corrected chi connectivity index (χ2v) is 11.7. The molecule has 1 radical (unpaired) electrons. The molecule has 219 valence electrons. The van der Waals surface area contributed by atoms with E-state index in [9.17, 15) is 9.90 Å². The molecule has 5 rings (SSSR count). The van der Waals surface area contributed by atoms with Gasteiger partial charge in [0.15, 0.2) is 5.82 Å². The predicted molar refractivity (Wildman–Crippen MR) is 170 cm³/mol. The summed E-state index contributed by atoms with van der Waals surface area (Å²) in [7, 11) is 1.90. The Balaban J connectivity index is 1.53. The smallest absolute Gasteiger partial charge is 0.253 e. The number of aryl methyl sites for hydroxylation is 1. The highest BCUT2D eigenvalue weighted by Crippen LogP contribution is 2.45. The van der Waals surface area contributed by atoms with Crippen LogP contribution in [0.15, 0.2) is 66.7 Å². The second-order valence-electron chi connectivity index (χ2n) is 11.3. The average molecular weight is 584 g/mol. The number of hydrogen-bond acceptors (Lipinski definition) is 5. The van der Waals surface area contributed by atoms with Crippen molar-refractivity contribution in [2.45, 2.75) is 57.6 Å². The molecule has 7 heteroatoms. The van der Waals surface area contributed by atoms with Crippen LogP contribution < -0.4 is 5.32 Å². The Hall–Kier alpha value is -3.32. The van der Waals surface area contributed by atoms with Crippen LogP contribution in [0.2, 0.25) is 5.02 Å². The van der Waals surface area contributed by atoms with Crippen molar-refractivity contribution >= 4 is 28.4 Å². The summed E-state index contributed by atoms with van der Waals surface area (Å²) >= 11 is 6.91. The summed E-state index contributed by atoms with van der Waals surface area (Å²) < 4.78 is 0. The highest BCUT2D eigenvalue weighted by molar-refractivity contribution is 6.33. The lowest BCUT2D eigenvalue weighted by molar-refractivity contribution is -0.0546. The number of fused-ring (bicyclic) bond motifs is 1. The molecule has 0 spiro atoms. The Morgan fingerprint density at radius 1 is 1.12 bits per heavy atom. The molecule has 1 aliphatic heterocycles. The SMILES string of the molecule is [CH2]CCC(O)(c1cccc(Cl)c1-c1nc(CCC)c2ccccc2n1)C1CCCN(C(=O)c2ccc(CNC)cc2)C1. The zero-order valence-electron chi connectivity index (χ0n) is 24.6. The molecule has 4 aromatic rings. The molecule has 0 aliphatic carbocycles. The molecular formula is C35H40ClN4O2. The minimum atomic E-state index is -1.27. The van der Waals surface area contributed by atoms with Gasteiger partial charge in [0.2, 0.25) is 0 Å². The van der Waals surface area contributed by atoms with Crippen LogP contribution in [0.4, 0.5) is 0 Å². The monoisotopic (exact) mass is 583 g/mol. The van der Waals surface area contributed by atoms with Crippen molar-refractivity contribution in [3.63, 3.8) is 0 Å². The minimum absolute atomic E-state index is 0.0129. The Labute approximate surface area is 254 Å². The maximum absolute atomic E-state index is 13.6. The van der Waals surface area contributed by atoms with Gasteiger partial charge in [0.05, 0.1) is 21.8 Å². The van der Waals surface area contributed by atoms with E-state index in [1.165, 1.54) is 0 Å². The summed E-state index contributed by atoms with van der Waals surface area (Å²) in [6.45, 7) is 8.10. The molecule has 0 bridgehead atoms. The average Bonchev–Trinajstić information content (AvgIpc) is 3.01. The molecule has 6 nitrogen and oxygen atoms in total. The second kappa shape index (κ2) is 13.3. The van der Waals surface area contributed by atoms with Gasteiger partial charge in [0, 0.05) is 42.1 Å². The number of aromatic nitrogens is 2. The maximum Gasteiger partial charge on any atom is 0.253 e. The zero-order chi connectivity index (χ0) is 29.7. The first-order chi connectivity index (χ1) is 20.4. The van der Waals surface area contributed by atoms with Gasteiger partial charge in [0.25, 0.3) is 5.91 Å². The Morgan fingerprint density at radius 3 is 2.64 bits per heavy atom. The van der Waals surface area contributed by atoms with E-state index < -0.39 is 5.60 Å². The van der Waals surface area contributed by atoms with Crippen LogP contribution in [-0.4, -0.2) is 46.0 Å². The number of carbonyl (C=O) groups is 1. The number of nitrogens with zero attached hydrogens (tertiary/aromatic N) is 3. The molecule has 2 N–H and O–H groups in total. The summed E-state index contributed by atoms with van der Waals surface area (Å²) in [5.74, 6) is 0.306. The van der Waals surface area contributed by atoms with E-state index in [0.29, 0.717) is 53.5 Å². The summed E-state index contributed by atoms with van der Waals surface area (Å²) in [6.07, 6.45) is 4.31. The van der Waals surface area contributed by atoms with E-state index in [4.69, 9.17) is 21.6 Å². The van der Waals surface area contributed by atoms with E-state index in [0.717, 1.165) is 54.4 Å². The zero-order valence-corrected chi connectivity index (χ0v) is 25.3. The molecule has 1 aliphatic rings. The Bertz CT molecular complexity index is 1540. The molecular weight excluding hydrogens is 544 g/mol. The number of hydrogen-bond donors (Lipinski definition) is 2. The third-order valence-corrected chi connectivity index (χ3v) is 8.71. The van der Waals surface area contributed by atoms with Crippen molar-refractivity contribution in [1.29, 1.82) is 0 Å². The number of halogens is 1. The molecule has 2 heterocycles. The van der Waals surface area contributed by atoms with E-state index in [1.807, 2.05) is 72.6 Å². The van der Waals surface area contributed by atoms with Crippen LogP contribution in [0.1, 0.15) is 66.2 Å². The van der Waals surface area contributed by atoms with E-state index in [2.05, 4.69) is 25.2 Å². The third kappa shape index (κ3) is 6.07. The third-order valence-electron chi connectivity index (χ3n) is 8.40. The van der Waals surface area contributed by atoms with Gasteiger partial charge in [0.1, 0.15) is 0 Å². The molecule has 42 heavy (non-hydrogen) atoms. The van der Waals surface area contributed by atoms with Gasteiger partial charge >= 0.3 is 0 Å². The van der Waals surface area contributed by atoms with Crippen molar-refractivity contribution in [2.75, 3.05) is 20.1 Å². The number of nitrogens with one attached hydrogen (secondary N) is 1. The lowest BCUT2D eigenvalue weighted by Crippen LogP contribution is -2.48. The first-order valence-electron chi connectivity index (χ1n) is 15.0. The lowest BCUT2D eigenvalue weighted by atomic mass is 9.72. The lowest BCUT2D eigenvalue weighted by Gasteiger charge is -2.43. The summed E-state index contributed by atoms with van der Waals surface area (Å²) in [5, 5.41) is 17.3. The fraction of sp³-hybridized carbons (Fsp3) is 0.371. The van der Waals surface area contributed by atoms with Gasteiger partial charge in [-0.05, 0) is 68.1 Å². The molecule has 3 aromatic carbocycles. The fourth-order valence-corrected chi connectivity index (χ4v) is 6.58. The van der Waals surface area contributed by atoms with Crippen molar-refractivity contribution < 1.29 is 9.90 Å². The van der Waals surface area contributed by atoms with Crippen LogP contribution in [0.5, 0.6) is 0 Å². The number of carbonyl (C=O) groups excluding carboxylic acids is 1.